The number of amides is 4. The molecule has 68 heavy (non-hydrogen) atoms. The number of fused-ring (bicyclic) bond motifs is 5. The molecule has 1 heterocycles. The molecule has 5 N–H and O–H groups in total. The maximum absolute atomic E-state index is 14.7. The average Bonchev–Trinajstić information content (AvgIpc) is 3.36. The number of aryl methyl sites for hydroxylation is 1. The molecule has 1 aliphatic rings. The van der Waals surface area contributed by atoms with Gasteiger partial charge in [0, 0.05) is 25.8 Å². The van der Waals surface area contributed by atoms with Crippen molar-refractivity contribution in [2.45, 2.75) is 76.8 Å². The fraction of sp³-hybridized carbons (Fsp3) is 0.241. The van der Waals surface area contributed by atoms with Crippen LogP contribution in [0, 0.1) is 6.92 Å². The van der Waals surface area contributed by atoms with Gasteiger partial charge in [0.15, 0.2) is 0 Å². The Hall–Kier alpha value is -7.97. The van der Waals surface area contributed by atoms with Crippen molar-refractivity contribution in [3.63, 3.8) is 0 Å². The SMILES string of the molecule is Cc1ccc2cc1C[C@@H](C(=O)OCc1ccccc1)NC(=O)[C@H](C[C@@H](O)CNC(=O)OCc1ccccc1)NC(=O)[C@@H](NC(=O)OCc1ccccc1)Cc1cc-2ccc1OCc1ccccc1. The summed E-state index contributed by atoms with van der Waals surface area (Å²) in [6.45, 7) is 1.59. The van der Waals surface area contributed by atoms with Crippen LogP contribution in [0.25, 0.3) is 11.1 Å². The lowest BCUT2D eigenvalue weighted by molar-refractivity contribution is -0.149. The van der Waals surface area contributed by atoms with Gasteiger partial charge in [0.1, 0.15) is 50.3 Å². The van der Waals surface area contributed by atoms with Crippen molar-refractivity contribution in [3.05, 3.63) is 197 Å². The van der Waals surface area contributed by atoms with Gasteiger partial charge in [-0.2, -0.15) is 0 Å². The third kappa shape index (κ3) is 14.3. The first-order chi connectivity index (χ1) is 33.1. The van der Waals surface area contributed by atoms with E-state index in [1.807, 2.05) is 122 Å². The van der Waals surface area contributed by atoms with E-state index in [9.17, 15) is 29.1 Å². The fourth-order valence-corrected chi connectivity index (χ4v) is 7.55. The summed E-state index contributed by atoms with van der Waals surface area (Å²) in [6, 6.07) is 44.0. The number of aliphatic hydroxyl groups excluding tert-OH is 1. The second kappa shape index (κ2) is 24.0. The zero-order valence-corrected chi connectivity index (χ0v) is 37.6. The van der Waals surface area contributed by atoms with Crippen molar-refractivity contribution < 1.29 is 48.0 Å². The van der Waals surface area contributed by atoms with Crippen LogP contribution < -0.4 is 26.0 Å². The summed E-state index contributed by atoms with van der Waals surface area (Å²) in [7, 11) is 0. The monoisotopic (exact) mass is 918 g/mol. The summed E-state index contributed by atoms with van der Waals surface area (Å²) in [6.07, 6.45) is -3.66. The van der Waals surface area contributed by atoms with Crippen molar-refractivity contribution in [1.82, 2.24) is 21.3 Å². The standard InChI is InChI=1S/C54H54N4O10/c1-36-22-23-41-26-43(36)28-48(52(62)66-33-38-16-8-3-9-17-38)57-51(61)47(30-45(59)31-55-53(63)67-34-39-18-10-4-11-19-39)56-50(60)46(58-54(64)68-35-40-20-12-5-13-21-40)29-44-27-42(41)24-25-49(44)65-32-37-14-6-2-7-15-37/h2-27,45-48,59H,28-35H2,1H3,(H,55,63)(H,56,60)(H,57,61)(H,58,64)/t45-,46+,47+,48+/m1/s1. The van der Waals surface area contributed by atoms with E-state index in [-0.39, 0.29) is 45.8 Å². The van der Waals surface area contributed by atoms with Gasteiger partial charge in [-0.15, -0.1) is 0 Å². The van der Waals surface area contributed by atoms with Gasteiger partial charge in [0.05, 0.1) is 6.10 Å². The number of hydrogen-bond donors (Lipinski definition) is 5. The molecule has 1 aliphatic heterocycles. The molecule has 0 saturated carbocycles. The van der Waals surface area contributed by atoms with Gasteiger partial charge in [-0.3, -0.25) is 9.59 Å². The maximum atomic E-state index is 14.7. The normalized spacial score (nSPS) is 16.3. The van der Waals surface area contributed by atoms with E-state index in [2.05, 4.69) is 21.3 Å². The van der Waals surface area contributed by atoms with Crippen LogP contribution in [-0.4, -0.2) is 65.9 Å². The number of carbonyl (C=O) groups is 5. The van der Waals surface area contributed by atoms with Crippen molar-refractivity contribution in [1.29, 1.82) is 0 Å². The van der Waals surface area contributed by atoms with E-state index < -0.39 is 60.6 Å². The summed E-state index contributed by atoms with van der Waals surface area (Å²) in [5.74, 6) is -1.92. The molecule has 350 valence electrons. The molecule has 4 amide bonds. The van der Waals surface area contributed by atoms with E-state index in [1.165, 1.54) is 0 Å². The van der Waals surface area contributed by atoms with E-state index in [0.29, 0.717) is 11.3 Å². The van der Waals surface area contributed by atoms with Crippen LogP contribution in [0.5, 0.6) is 5.75 Å². The Morgan fingerprint density at radius 3 is 1.71 bits per heavy atom. The smallest absolute Gasteiger partial charge is 0.408 e. The summed E-state index contributed by atoms with van der Waals surface area (Å²) >= 11 is 0. The highest BCUT2D eigenvalue weighted by molar-refractivity contribution is 5.93. The Labute approximate surface area is 395 Å². The van der Waals surface area contributed by atoms with Crippen LogP contribution in [-0.2, 0) is 67.9 Å². The molecule has 4 atom stereocenters. The maximum Gasteiger partial charge on any atom is 0.408 e. The lowest BCUT2D eigenvalue weighted by Gasteiger charge is -2.27. The van der Waals surface area contributed by atoms with E-state index in [1.54, 1.807) is 42.5 Å². The number of aliphatic hydroxyl groups is 1. The molecular formula is C54H54N4O10. The highest BCUT2D eigenvalue weighted by atomic mass is 16.6. The molecule has 0 unspecified atom stereocenters. The Kier molecular flexibility index (Phi) is 16.9. The van der Waals surface area contributed by atoms with E-state index in [0.717, 1.165) is 44.5 Å². The highest BCUT2D eigenvalue weighted by Crippen LogP contribution is 2.31. The van der Waals surface area contributed by atoms with Crippen LogP contribution in [0.15, 0.2) is 158 Å². The van der Waals surface area contributed by atoms with Crippen molar-refractivity contribution in [2.75, 3.05) is 6.54 Å². The van der Waals surface area contributed by atoms with Crippen LogP contribution in [0.4, 0.5) is 9.59 Å². The van der Waals surface area contributed by atoms with Gasteiger partial charge < -0.3 is 45.3 Å². The average molecular weight is 919 g/mol. The summed E-state index contributed by atoms with van der Waals surface area (Å²) < 4.78 is 23.0. The summed E-state index contributed by atoms with van der Waals surface area (Å²) in [4.78, 5) is 69.5. The molecule has 0 fully saturated rings. The first-order valence-corrected chi connectivity index (χ1v) is 22.4. The molecule has 4 bridgehead atoms. The van der Waals surface area contributed by atoms with Gasteiger partial charge in [0.2, 0.25) is 11.8 Å². The van der Waals surface area contributed by atoms with Crippen LogP contribution in [0.2, 0.25) is 0 Å². The quantitative estimate of drug-likeness (QED) is 0.0529. The Bertz CT molecular complexity index is 2630. The number of alkyl carbamates (subject to hydrolysis) is 2. The Morgan fingerprint density at radius 1 is 0.603 bits per heavy atom. The van der Waals surface area contributed by atoms with Gasteiger partial charge in [0.25, 0.3) is 0 Å². The minimum Gasteiger partial charge on any atom is -0.489 e. The van der Waals surface area contributed by atoms with Crippen LogP contribution >= 0.6 is 0 Å². The molecule has 6 aromatic rings. The van der Waals surface area contributed by atoms with Crippen LogP contribution in [0.3, 0.4) is 0 Å². The summed E-state index contributed by atoms with van der Waals surface area (Å²) in [5, 5.41) is 22.1. The second-order valence-corrected chi connectivity index (χ2v) is 16.5. The zero-order chi connectivity index (χ0) is 47.7. The predicted octanol–water partition coefficient (Wildman–Crippen LogP) is 7.03. The molecule has 14 heteroatoms. The lowest BCUT2D eigenvalue weighted by atomic mass is 9.93. The third-order valence-corrected chi connectivity index (χ3v) is 11.3. The number of ether oxygens (including phenoxy) is 4. The second-order valence-electron chi connectivity index (χ2n) is 16.5. The number of hydrogen-bond acceptors (Lipinski definition) is 10. The first-order valence-electron chi connectivity index (χ1n) is 22.4. The molecule has 6 aromatic carbocycles. The molecule has 0 aromatic heterocycles. The number of nitrogens with one attached hydrogen (secondary N) is 4. The molecule has 7 rings (SSSR count). The third-order valence-electron chi connectivity index (χ3n) is 11.3. The predicted molar refractivity (Wildman–Crippen MR) is 254 cm³/mol. The van der Waals surface area contributed by atoms with Crippen LogP contribution in [0.1, 0.15) is 45.4 Å². The highest BCUT2D eigenvalue weighted by Gasteiger charge is 2.33. The van der Waals surface area contributed by atoms with E-state index >= 15 is 0 Å². The fourth-order valence-electron chi connectivity index (χ4n) is 7.55. The van der Waals surface area contributed by atoms with Crippen molar-refractivity contribution in [2.24, 2.45) is 0 Å². The number of rotatable bonds is 15. The molecule has 14 nitrogen and oxygen atoms in total. The minimum absolute atomic E-state index is 0.0135. The van der Waals surface area contributed by atoms with Gasteiger partial charge in [-0.25, -0.2) is 14.4 Å². The Morgan fingerprint density at radius 2 is 1.12 bits per heavy atom. The van der Waals surface area contributed by atoms with Crippen molar-refractivity contribution in [3.8, 4) is 16.9 Å². The minimum atomic E-state index is -1.51. The number of esters is 1. The van der Waals surface area contributed by atoms with Crippen molar-refractivity contribution >= 4 is 30.0 Å². The number of benzene rings is 6. The zero-order valence-electron chi connectivity index (χ0n) is 37.6. The molecule has 0 radical (unpaired) electrons. The molecule has 0 saturated heterocycles. The molecular weight excluding hydrogens is 865 g/mol. The number of carbonyl (C=O) groups excluding carboxylic acids is 5. The first kappa shape index (κ1) is 48.0. The molecule has 0 aliphatic carbocycles. The topological polar surface area (TPSA) is 191 Å². The van der Waals surface area contributed by atoms with E-state index in [4.69, 9.17) is 18.9 Å². The largest absolute Gasteiger partial charge is 0.489 e. The Balaban J connectivity index is 1.22. The molecule has 0 spiro atoms. The lowest BCUT2D eigenvalue weighted by Crippen LogP contribution is -2.57. The van der Waals surface area contributed by atoms with Gasteiger partial charge >= 0.3 is 18.2 Å². The van der Waals surface area contributed by atoms with Gasteiger partial charge in [-0.05, 0) is 69.1 Å². The summed E-state index contributed by atoms with van der Waals surface area (Å²) in [5.41, 5.74) is 6.80. The van der Waals surface area contributed by atoms with Gasteiger partial charge in [-0.1, -0.05) is 146 Å².